The molecule has 0 spiro atoms. The zero-order chi connectivity index (χ0) is 11.8. The number of fused-ring (bicyclic) bond motifs is 2. The normalized spacial score (nSPS) is 31.3. The number of nitrogens with one attached hydrogen (secondary N) is 1. The van der Waals surface area contributed by atoms with Gasteiger partial charge in [0.15, 0.2) is 0 Å². The summed E-state index contributed by atoms with van der Waals surface area (Å²) in [7, 11) is 0. The third-order valence-corrected chi connectivity index (χ3v) is 5.96. The van der Waals surface area contributed by atoms with E-state index < -0.39 is 0 Å². The molecule has 1 aromatic heterocycles. The SMILES string of the molecule is Cc1cc(CNCC2CC3CCC2C3)sc1C. The molecule has 17 heavy (non-hydrogen) atoms. The Morgan fingerprint density at radius 1 is 1.29 bits per heavy atom. The van der Waals surface area contributed by atoms with Crippen LogP contribution in [-0.2, 0) is 6.54 Å². The summed E-state index contributed by atoms with van der Waals surface area (Å²) < 4.78 is 0. The highest BCUT2D eigenvalue weighted by Gasteiger charge is 2.38. The summed E-state index contributed by atoms with van der Waals surface area (Å²) >= 11 is 1.95. The van der Waals surface area contributed by atoms with Crippen molar-refractivity contribution >= 4 is 11.3 Å². The largest absolute Gasteiger partial charge is 0.312 e. The van der Waals surface area contributed by atoms with Crippen LogP contribution in [0.2, 0.25) is 0 Å². The van der Waals surface area contributed by atoms with Gasteiger partial charge in [0.2, 0.25) is 0 Å². The van der Waals surface area contributed by atoms with Crippen molar-refractivity contribution in [1.29, 1.82) is 0 Å². The lowest BCUT2D eigenvalue weighted by Crippen LogP contribution is -2.25. The van der Waals surface area contributed by atoms with Crippen molar-refractivity contribution < 1.29 is 0 Å². The molecular formula is C15H23NS. The number of hydrogen-bond donors (Lipinski definition) is 1. The van der Waals surface area contributed by atoms with Gasteiger partial charge in [-0.25, -0.2) is 0 Å². The molecule has 94 valence electrons. The molecule has 2 bridgehead atoms. The average molecular weight is 249 g/mol. The highest BCUT2D eigenvalue weighted by atomic mass is 32.1. The molecule has 2 fully saturated rings. The summed E-state index contributed by atoms with van der Waals surface area (Å²) in [6.45, 7) is 6.76. The second-order valence-corrected chi connectivity index (χ2v) is 7.36. The van der Waals surface area contributed by atoms with Crippen molar-refractivity contribution in [2.24, 2.45) is 17.8 Å². The fourth-order valence-electron chi connectivity index (χ4n) is 3.74. The molecular weight excluding hydrogens is 226 g/mol. The zero-order valence-corrected chi connectivity index (χ0v) is 11.8. The molecule has 0 aromatic carbocycles. The van der Waals surface area contributed by atoms with E-state index in [4.69, 9.17) is 0 Å². The monoisotopic (exact) mass is 249 g/mol. The molecule has 3 rings (SSSR count). The third-order valence-electron chi connectivity index (χ3n) is 4.81. The molecule has 3 atom stereocenters. The van der Waals surface area contributed by atoms with E-state index in [0.29, 0.717) is 0 Å². The van der Waals surface area contributed by atoms with E-state index in [2.05, 4.69) is 25.2 Å². The third kappa shape index (κ3) is 2.43. The summed E-state index contributed by atoms with van der Waals surface area (Å²) in [6, 6.07) is 2.34. The van der Waals surface area contributed by atoms with E-state index in [0.717, 1.165) is 24.3 Å². The van der Waals surface area contributed by atoms with E-state index in [1.165, 1.54) is 47.5 Å². The fraction of sp³-hybridized carbons (Fsp3) is 0.733. The maximum Gasteiger partial charge on any atom is 0.0300 e. The van der Waals surface area contributed by atoms with Gasteiger partial charge in [-0.1, -0.05) is 6.42 Å². The van der Waals surface area contributed by atoms with E-state index in [1.54, 1.807) is 0 Å². The smallest absolute Gasteiger partial charge is 0.0300 e. The van der Waals surface area contributed by atoms with Crippen molar-refractivity contribution in [3.63, 3.8) is 0 Å². The Morgan fingerprint density at radius 2 is 2.18 bits per heavy atom. The maximum atomic E-state index is 3.68. The predicted molar refractivity (Wildman–Crippen MR) is 74.4 cm³/mol. The minimum absolute atomic E-state index is 0.982. The van der Waals surface area contributed by atoms with Crippen LogP contribution in [0.15, 0.2) is 6.07 Å². The van der Waals surface area contributed by atoms with Crippen LogP contribution >= 0.6 is 11.3 Å². The molecule has 1 aromatic rings. The first kappa shape index (κ1) is 11.7. The summed E-state index contributed by atoms with van der Waals surface area (Å²) in [5.74, 6) is 3.12. The Balaban J connectivity index is 1.46. The molecule has 0 aliphatic heterocycles. The molecule has 0 radical (unpaired) electrons. The second-order valence-electron chi connectivity index (χ2n) is 6.02. The highest BCUT2D eigenvalue weighted by molar-refractivity contribution is 7.12. The first-order valence-electron chi connectivity index (χ1n) is 6.99. The van der Waals surface area contributed by atoms with Crippen LogP contribution in [0, 0.1) is 31.6 Å². The van der Waals surface area contributed by atoms with E-state index in [9.17, 15) is 0 Å². The number of thiophene rings is 1. The summed E-state index contributed by atoms with van der Waals surface area (Å²) in [4.78, 5) is 2.98. The molecule has 2 saturated carbocycles. The topological polar surface area (TPSA) is 12.0 Å². The van der Waals surface area contributed by atoms with E-state index >= 15 is 0 Å². The van der Waals surface area contributed by atoms with Gasteiger partial charge in [-0.15, -0.1) is 11.3 Å². The number of hydrogen-bond acceptors (Lipinski definition) is 2. The Kier molecular flexibility index (Phi) is 3.27. The Morgan fingerprint density at radius 3 is 2.76 bits per heavy atom. The lowest BCUT2D eigenvalue weighted by atomic mass is 9.89. The van der Waals surface area contributed by atoms with Crippen molar-refractivity contribution in [2.75, 3.05) is 6.54 Å². The lowest BCUT2D eigenvalue weighted by Gasteiger charge is -2.21. The molecule has 2 aliphatic rings. The van der Waals surface area contributed by atoms with Gasteiger partial charge in [-0.2, -0.15) is 0 Å². The Bertz CT molecular complexity index is 376. The van der Waals surface area contributed by atoms with E-state index in [1.807, 2.05) is 11.3 Å². The molecule has 3 unspecified atom stereocenters. The van der Waals surface area contributed by atoms with Crippen LogP contribution in [0.25, 0.3) is 0 Å². The zero-order valence-electron chi connectivity index (χ0n) is 11.0. The van der Waals surface area contributed by atoms with Crippen LogP contribution in [0.4, 0.5) is 0 Å². The average Bonchev–Trinajstić information content (AvgIpc) is 2.96. The van der Waals surface area contributed by atoms with Crippen molar-refractivity contribution in [3.05, 3.63) is 21.4 Å². The van der Waals surface area contributed by atoms with Crippen LogP contribution in [0.5, 0.6) is 0 Å². The van der Waals surface area contributed by atoms with Crippen molar-refractivity contribution in [1.82, 2.24) is 5.32 Å². The standard InChI is InChI=1S/C15H23NS/c1-10-5-15(17-11(10)2)9-16-8-14-7-12-3-4-13(14)6-12/h5,12-14,16H,3-4,6-9H2,1-2H3. The molecule has 2 heteroatoms. The maximum absolute atomic E-state index is 3.68. The first-order chi connectivity index (χ1) is 8.22. The van der Waals surface area contributed by atoms with Gasteiger partial charge in [-0.05, 0) is 69.0 Å². The van der Waals surface area contributed by atoms with Gasteiger partial charge in [0.1, 0.15) is 0 Å². The van der Waals surface area contributed by atoms with E-state index in [-0.39, 0.29) is 0 Å². The van der Waals surface area contributed by atoms with Crippen LogP contribution < -0.4 is 5.32 Å². The van der Waals surface area contributed by atoms with Gasteiger partial charge < -0.3 is 5.32 Å². The minimum Gasteiger partial charge on any atom is -0.312 e. The molecule has 2 aliphatic carbocycles. The lowest BCUT2D eigenvalue weighted by molar-refractivity contribution is 0.319. The Labute approximate surface area is 109 Å². The molecule has 0 amide bonds. The van der Waals surface area contributed by atoms with Gasteiger partial charge in [-0.3, -0.25) is 0 Å². The summed E-state index contributed by atoms with van der Waals surface area (Å²) in [6.07, 6.45) is 6.06. The van der Waals surface area contributed by atoms with Gasteiger partial charge in [0, 0.05) is 16.3 Å². The predicted octanol–water partition coefficient (Wildman–Crippen LogP) is 3.89. The second kappa shape index (κ2) is 4.74. The van der Waals surface area contributed by atoms with Gasteiger partial charge >= 0.3 is 0 Å². The molecule has 1 N–H and O–H groups in total. The van der Waals surface area contributed by atoms with Crippen LogP contribution in [0.3, 0.4) is 0 Å². The van der Waals surface area contributed by atoms with Crippen LogP contribution in [-0.4, -0.2) is 6.54 Å². The molecule has 0 saturated heterocycles. The first-order valence-corrected chi connectivity index (χ1v) is 7.80. The minimum atomic E-state index is 0.982. The summed E-state index contributed by atoms with van der Waals surface area (Å²) in [5.41, 5.74) is 1.45. The van der Waals surface area contributed by atoms with Gasteiger partial charge in [0.25, 0.3) is 0 Å². The van der Waals surface area contributed by atoms with Crippen LogP contribution in [0.1, 0.15) is 41.0 Å². The molecule has 1 heterocycles. The van der Waals surface area contributed by atoms with Crippen molar-refractivity contribution in [3.8, 4) is 0 Å². The number of aryl methyl sites for hydroxylation is 2. The Hall–Kier alpha value is -0.340. The van der Waals surface area contributed by atoms with Gasteiger partial charge in [0.05, 0.1) is 0 Å². The fourth-order valence-corrected chi connectivity index (χ4v) is 4.77. The molecule has 1 nitrogen and oxygen atoms in total. The highest BCUT2D eigenvalue weighted by Crippen LogP contribution is 2.47. The quantitative estimate of drug-likeness (QED) is 0.853. The summed E-state index contributed by atoms with van der Waals surface area (Å²) in [5, 5.41) is 3.68. The number of rotatable bonds is 4. The van der Waals surface area contributed by atoms with Crippen molar-refractivity contribution in [2.45, 2.75) is 46.1 Å².